The molecule has 0 aromatic heterocycles. The molecular weight excluding hydrogens is 342 g/mol. The monoisotopic (exact) mass is 375 g/mol. The summed E-state index contributed by atoms with van der Waals surface area (Å²) in [4.78, 5) is 25.9. The van der Waals surface area contributed by atoms with Gasteiger partial charge in [0.1, 0.15) is 6.10 Å². The zero-order chi connectivity index (χ0) is 20.0. The molecule has 1 saturated heterocycles. The van der Waals surface area contributed by atoms with Gasteiger partial charge in [-0.3, -0.25) is 4.79 Å². The first-order valence-electron chi connectivity index (χ1n) is 9.89. The van der Waals surface area contributed by atoms with Crippen molar-refractivity contribution in [1.29, 1.82) is 0 Å². The molecular formula is C22H33NO4. The van der Waals surface area contributed by atoms with Crippen LogP contribution in [-0.4, -0.2) is 48.7 Å². The Bertz CT molecular complexity index is 632. The number of hydrogen-bond donors (Lipinski definition) is 1. The molecule has 0 radical (unpaired) electrons. The minimum Gasteiger partial charge on any atom is -0.478 e. The van der Waals surface area contributed by atoms with Crippen molar-refractivity contribution in [1.82, 2.24) is 4.90 Å². The Morgan fingerprint density at radius 3 is 2.74 bits per heavy atom. The maximum absolute atomic E-state index is 12.5. The molecule has 150 valence electrons. The van der Waals surface area contributed by atoms with E-state index in [9.17, 15) is 14.7 Å². The number of hydrogen-bond acceptors (Lipinski definition) is 4. The summed E-state index contributed by atoms with van der Waals surface area (Å²) in [6.45, 7) is 4.88. The van der Waals surface area contributed by atoms with Crippen molar-refractivity contribution in [2.45, 2.75) is 52.1 Å². The van der Waals surface area contributed by atoms with Gasteiger partial charge in [-0.2, -0.15) is 0 Å². The highest BCUT2D eigenvalue weighted by atomic mass is 16.6. The van der Waals surface area contributed by atoms with Crippen LogP contribution in [0.2, 0.25) is 0 Å². The first-order chi connectivity index (χ1) is 12.8. The quantitative estimate of drug-likeness (QED) is 0.600. The Hall–Kier alpha value is -1.88. The van der Waals surface area contributed by atoms with E-state index in [1.807, 2.05) is 33.2 Å². The van der Waals surface area contributed by atoms with E-state index < -0.39 is 5.97 Å². The maximum Gasteiger partial charge on any atom is 0.331 e. The lowest BCUT2D eigenvalue weighted by molar-refractivity contribution is -0.143. The fourth-order valence-corrected chi connectivity index (χ4v) is 3.91. The van der Waals surface area contributed by atoms with Crippen molar-refractivity contribution in [3.8, 4) is 0 Å². The molecule has 5 nitrogen and oxygen atoms in total. The molecule has 1 aliphatic carbocycles. The normalized spacial score (nSPS) is 30.2. The van der Waals surface area contributed by atoms with Crippen LogP contribution in [0, 0.1) is 17.8 Å². The number of carboxylic acids is 1. The molecule has 0 spiro atoms. The van der Waals surface area contributed by atoms with Gasteiger partial charge in [0.2, 0.25) is 0 Å². The second kappa shape index (κ2) is 9.88. The van der Waals surface area contributed by atoms with Gasteiger partial charge in [0.15, 0.2) is 0 Å². The number of ether oxygens (including phenoxy) is 1. The summed E-state index contributed by atoms with van der Waals surface area (Å²) in [6.07, 6.45) is 11.6. The zero-order valence-corrected chi connectivity index (χ0v) is 17.0. The van der Waals surface area contributed by atoms with E-state index in [0.29, 0.717) is 30.9 Å². The van der Waals surface area contributed by atoms with Crippen LogP contribution in [0.15, 0.2) is 35.5 Å². The number of aliphatic carboxylic acids is 1. The number of allylic oxidation sites excluding steroid dienone is 4. The van der Waals surface area contributed by atoms with E-state index in [0.717, 1.165) is 24.8 Å². The molecule has 4 unspecified atom stereocenters. The van der Waals surface area contributed by atoms with E-state index in [1.54, 1.807) is 0 Å². The summed E-state index contributed by atoms with van der Waals surface area (Å²) in [5.41, 5.74) is 1.59. The highest BCUT2D eigenvalue weighted by Gasteiger charge is 2.43. The van der Waals surface area contributed by atoms with Gasteiger partial charge in [0.05, 0.1) is 5.92 Å². The molecule has 0 saturated carbocycles. The largest absolute Gasteiger partial charge is 0.478 e. The van der Waals surface area contributed by atoms with Crippen LogP contribution in [-0.2, 0) is 14.3 Å². The number of fused-ring (bicyclic) bond motifs is 1. The van der Waals surface area contributed by atoms with E-state index in [-0.39, 0.29) is 23.9 Å². The number of esters is 1. The lowest BCUT2D eigenvalue weighted by atomic mass is 9.83. The number of nitrogens with zero attached hydrogens (tertiary/aromatic N) is 1. The summed E-state index contributed by atoms with van der Waals surface area (Å²) >= 11 is 0. The van der Waals surface area contributed by atoms with E-state index in [1.165, 1.54) is 0 Å². The van der Waals surface area contributed by atoms with Crippen molar-refractivity contribution < 1.29 is 19.4 Å². The molecule has 0 aromatic rings. The Labute approximate surface area is 162 Å². The Morgan fingerprint density at radius 1 is 1.33 bits per heavy atom. The average Bonchev–Trinajstić information content (AvgIpc) is 2.85. The van der Waals surface area contributed by atoms with Crippen molar-refractivity contribution in [2.75, 3.05) is 20.6 Å². The van der Waals surface area contributed by atoms with Crippen LogP contribution in [0.25, 0.3) is 0 Å². The summed E-state index contributed by atoms with van der Waals surface area (Å²) < 4.78 is 5.73. The minimum atomic E-state index is -0.850. The van der Waals surface area contributed by atoms with Gasteiger partial charge in [-0.05, 0) is 65.1 Å². The van der Waals surface area contributed by atoms with Gasteiger partial charge in [0.25, 0.3) is 0 Å². The molecule has 0 bridgehead atoms. The van der Waals surface area contributed by atoms with Gasteiger partial charge in [-0.25, -0.2) is 4.79 Å². The standard InChI is InChI=1S/C22H33NO4/c1-15-7-5-9-17(21(24)25)10-6-8-16(2)13-20-18(12-11-15)19(14-23(3)4)22(26)27-20/h5,7,10,13,15,18-20H,6,8-9,11-12,14H2,1-4H3,(H,24,25). The SMILES string of the molecule is CC1=CC2OC(=O)C(CN(C)C)C2CCC(C)C=CCC(C(=O)O)=CCC1. The van der Waals surface area contributed by atoms with Gasteiger partial charge in [-0.15, -0.1) is 0 Å². The number of carbonyl (C=O) groups excluding carboxylic acids is 1. The fourth-order valence-electron chi connectivity index (χ4n) is 3.91. The lowest BCUT2D eigenvalue weighted by Crippen LogP contribution is -2.30. The highest BCUT2D eigenvalue weighted by Crippen LogP contribution is 2.35. The van der Waals surface area contributed by atoms with Crippen LogP contribution in [0.1, 0.15) is 46.0 Å². The van der Waals surface area contributed by atoms with Crippen molar-refractivity contribution in [3.63, 3.8) is 0 Å². The predicted octanol–water partition coefficient (Wildman–Crippen LogP) is 3.82. The van der Waals surface area contributed by atoms with Crippen LogP contribution < -0.4 is 0 Å². The smallest absolute Gasteiger partial charge is 0.331 e. The van der Waals surface area contributed by atoms with Crippen molar-refractivity contribution in [2.24, 2.45) is 17.8 Å². The molecule has 1 N–H and O–H groups in total. The number of carbonyl (C=O) groups is 2. The Morgan fingerprint density at radius 2 is 2.07 bits per heavy atom. The maximum atomic E-state index is 12.5. The van der Waals surface area contributed by atoms with Crippen LogP contribution >= 0.6 is 0 Å². The minimum absolute atomic E-state index is 0.0864. The molecule has 2 aliphatic rings. The second-order valence-corrected chi connectivity index (χ2v) is 8.21. The van der Waals surface area contributed by atoms with Crippen LogP contribution in [0.4, 0.5) is 0 Å². The summed E-state index contributed by atoms with van der Waals surface area (Å²) in [5, 5.41) is 9.35. The summed E-state index contributed by atoms with van der Waals surface area (Å²) in [5.74, 6) is -0.500. The number of carboxylic acid groups (broad SMARTS) is 1. The fraction of sp³-hybridized carbons (Fsp3) is 0.636. The summed E-state index contributed by atoms with van der Waals surface area (Å²) in [7, 11) is 3.98. The second-order valence-electron chi connectivity index (χ2n) is 8.21. The van der Waals surface area contributed by atoms with Gasteiger partial charge in [0, 0.05) is 18.0 Å². The van der Waals surface area contributed by atoms with E-state index >= 15 is 0 Å². The van der Waals surface area contributed by atoms with Crippen molar-refractivity contribution in [3.05, 3.63) is 35.5 Å². The molecule has 5 heteroatoms. The van der Waals surface area contributed by atoms with Gasteiger partial charge in [-0.1, -0.05) is 30.7 Å². The molecule has 1 heterocycles. The third-order valence-electron chi connectivity index (χ3n) is 5.47. The topological polar surface area (TPSA) is 66.8 Å². The van der Waals surface area contributed by atoms with Gasteiger partial charge >= 0.3 is 11.9 Å². The third kappa shape index (κ3) is 6.35. The van der Waals surface area contributed by atoms with Crippen LogP contribution in [0.5, 0.6) is 0 Å². The Kier molecular flexibility index (Phi) is 7.84. The zero-order valence-electron chi connectivity index (χ0n) is 17.0. The first-order valence-corrected chi connectivity index (χ1v) is 9.89. The molecule has 0 aromatic carbocycles. The first kappa shape index (κ1) is 21.4. The van der Waals surface area contributed by atoms with Crippen LogP contribution in [0.3, 0.4) is 0 Å². The molecule has 1 aliphatic heterocycles. The molecule has 1 fully saturated rings. The average molecular weight is 376 g/mol. The number of rotatable bonds is 3. The lowest BCUT2D eigenvalue weighted by Gasteiger charge is -2.23. The summed E-state index contributed by atoms with van der Waals surface area (Å²) in [6, 6.07) is 0. The molecule has 0 amide bonds. The van der Waals surface area contributed by atoms with E-state index in [2.05, 4.69) is 24.0 Å². The molecule has 2 rings (SSSR count). The third-order valence-corrected chi connectivity index (χ3v) is 5.47. The molecule has 27 heavy (non-hydrogen) atoms. The van der Waals surface area contributed by atoms with Crippen molar-refractivity contribution >= 4 is 11.9 Å². The van der Waals surface area contributed by atoms with E-state index in [4.69, 9.17) is 4.74 Å². The van der Waals surface area contributed by atoms with Gasteiger partial charge < -0.3 is 14.7 Å². The Balaban J connectivity index is 2.24. The highest BCUT2D eigenvalue weighted by molar-refractivity contribution is 5.86. The predicted molar refractivity (Wildman–Crippen MR) is 106 cm³/mol. The molecule has 4 atom stereocenters.